The van der Waals surface area contributed by atoms with Gasteiger partial charge >= 0.3 is 0 Å². The van der Waals surface area contributed by atoms with E-state index in [-0.39, 0.29) is 6.42 Å². The zero-order valence-electron chi connectivity index (χ0n) is 8.44. The maximum atomic E-state index is 8.49. The maximum Gasteiger partial charge on any atom is 0.164 e. The van der Waals surface area contributed by atoms with Crippen molar-refractivity contribution in [2.45, 2.75) is 12.8 Å². The Bertz CT molecular complexity index is 527. The van der Waals surface area contributed by atoms with Gasteiger partial charge in [0.15, 0.2) is 5.82 Å². The summed E-state index contributed by atoms with van der Waals surface area (Å²) < 4.78 is 0. The molecule has 0 aliphatic heterocycles. The van der Waals surface area contributed by atoms with Gasteiger partial charge in [-0.1, -0.05) is 23.7 Å². The fourth-order valence-corrected chi connectivity index (χ4v) is 1.62. The van der Waals surface area contributed by atoms with Gasteiger partial charge in [0.2, 0.25) is 0 Å². The predicted molar refractivity (Wildman–Crippen MR) is 60.0 cm³/mol. The summed E-state index contributed by atoms with van der Waals surface area (Å²) >= 11 is 5.88. The van der Waals surface area contributed by atoms with Crippen LogP contribution in [0.3, 0.4) is 0 Å². The fraction of sp³-hybridized carbons (Fsp3) is 0.182. The van der Waals surface area contributed by atoms with Gasteiger partial charge in [-0.3, -0.25) is 5.10 Å². The minimum Gasteiger partial charge on any atom is -0.263 e. The van der Waals surface area contributed by atoms with E-state index in [1.807, 2.05) is 30.3 Å². The smallest absolute Gasteiger partial charge is 0.164 e. The molecule has 0 aliphatic carbocycles. The van der Waals surface area contributed by atoms with Crippen LogP contribution in [0.4, 0.5) is 0 Å². The summed E-state index contributed by atoms with van der Waals surface area (Å²) in [6, 6.07) is 9.58. The van der Waals surface area contributed by atoms with Crippen molar-refractivity contribution >= 4 is 11.6 Å². The number of rotatable bonds is 3. The lowest BCUT2D eigenvalue weighted by atomic mass is 10.1. The topological polar surface area (TPSA) is 65.4 Å². The van der Waals surface area contributed by atoms with Crippen LogP contribution >= 0.6 is 11.6 Å². The van der Waals surface area contributed by atoms with Gasteiger partial charge in [-0.05, 0) is 17.7 Å². The number of benzene rings is 1. The molecule has 16 heavy (non-hydrogen) atoms. The Morgan fingerprint density at radius 3 is 3.06 bits per heavy atom. The Labute approximate surface area is 97.9 Å². The third-order valence-corrected chi connectivity index (χ3v) is 2.31. The first-order chi connectivity index (χ1) is 7.78. The monoisotopic (exact) mass is 232 g/mol. The number of hydrogen-bond donors (Lipinski definition) is 1. The van der Waals surface area contributed by atoms with Gasteiger partial charge in [0.1, 0.15) is 5.82 Å². The molecule has 0 unspecified atom stereocenters. The summed E-state index contributed by atoms with van der Waals surface area (Å²) in [6.45, 7) is 0. The van der Waals surface area contributed by atoms with Crippen molar-refractivity contribution < 1.29 is 0 Å². The van der Waals surface area contributed by atoms with Gasteiger partial charge in [0, 0.05) is 11.4 Å². The SMILES string of the molecule is N#CCc1n[nH]c(Cc2cccc(Cl)c2)n1. The van der Waals surface area contributed by atoms with E-state index in [0.29, 0.717) is 17.3 Å². The van der Waals surface area contributed by atoms with Gasteiger partial charge in [-0.15, -0.1) is 0 Å². The van der Waals surface area contributed by atoms with Crippen LogP contribution in [0.2, 0.25) is 5.02 Å². The Hall–Kier alpha value is -1.86. The second-order valence-corrected chi connectivity index (χ2v) is 3.78. The highest BCUT2D eigenvalue weighted by Crippen LogP contribution is 2.12. The number of nitrogens with zero attached hydrogens (tertiary/aromatic N) is 3. The van der Waals surface area contributed by atoms with Crippen LogP contribution in [0, 0.1) is 11.3 Å². The van der Waals surface area contributed by atoms with Gasteiger partial charge < -0.3 is 0 Å². The molecule has 1 N–H and O–H groups in total. The molecule has 0 radical (unpaired) electrons. The van der Waals surface area contributed by atoms with E-state index < -0.39 is 0 Å². The van der Waals surface area contributed by atoms with Crippen molar-refractivity contribution in [3.63, 3.8) is 0 Å². The van der Waals surface area contributed by atoms with E-state index in [4.69, 9.17) is 16.9 Å². The third-order valence-electron chi connectivity index (χ3n) is 2.08. The average Bonchev–Trinajstić information content (AvgIpc) is 2.66. The normalized spacial score (nSPS) is 10.0. The molecule has 2 rings (SSSR count). The van der Waals surface area contributed by atoms with Gasteiger partial charge in [-0.2, -0.15) is 10.4 Å². The molecule has 0 saturated heterocycles. The highest BCUT2D eigenvalue weighted by molar-refractivity contribution is 6.30. The number of nitrogens with one attached hydrogen (secondary N) is 1. The van der Waals surface area contributed by atoms with Crippen molar-refractivity contribution in [3.8, 4) is 6.07 Å². The van der Waals surface area contributed by atoms with E-state index in [0.717, 1.165) is 11.4 Å². The molecule has 0 fully saturated rings. The van der Waals surface area contributed by atoms with E-state index in [9.17, 15) is 0 Å². The lowest BCUT2D eigenvalue weighted by Gasteiger charge is -1.97. The fourth-order valence-electron chi connectivity index (χ4n) is 1.40. The molecular weight excluding hydrogens is 224 g/mol. The molecule has 0 atom stereocenters. The molecule has 1 aromatic carbocycles. The Kier molecular flexibility index (Phi) is 3.18. The number of aromatic amines is 1. The molecule has 1 aromatic heterocycles. The van der Waals surface area contributed by atoms with Crippen LogP contribution in [0.1, 0.15) is 17.2 Å². The second-order valence-electron chi connectivity index (χ2n) is 3.34. The van der Waals surface area contributed by atoms with Crippen molar-refractivity contribution in [1.29, 1.82) is 5.26 Å². The van der Waals surface area contributed by atoms with Crippen LogP contribution < -0.4 is 0 Å². The van der Waals surface area contributed by atoms with E-state index >= 15 is 0 Å². The molecule has 4 nitrogen and oxygen atoms in total. The van der Waals surface area contributed by atoms with Crippen LogP contribution in [-0.4, -0.2) is 15.2 Å². The molecule has 80 valence electrons. The van der Waals surface area contributed by atoms with E-state index in [1.165, 1.54) is 0 Å². The average molecular weight is 233 g/mol. The number of H-pyrrole nitrogens is 1. The van der Waals surface area contributed by atoms with Crippen molar-refractivity contribution in [2.75, 3.05) is 0 Å². The van der Waals surface area contributed by atoms with Gasteiger partial charge in [-0.25, -0.2) is 4.98 Å². The number of aromatic nitrogens is 3. The first-order valence-electron chi connectivity index (χ1n) is 4.79. The maximum absolute atomic E-state index is 8.49. The minimum atomic E-state index is 0.228. The molecule has 0 aliphatic rings. The third kappa shape index (κ3) is 2.59. The highest BCUT2D eigenvalue weighted by atomic mass is 35.5. The first-order valence-corrected chi connectivity index (χ1v) is 5.17. The quantitative estimate of drug-likeness (QED) is 0.882. The summed E-state index contributed by atoms with van der Waals surface area (Å²) in [4.78, 5) is 4.19. The Morgan fingerprint density at radius 2 is 2.31 bits per heavy atom. The second kappa shape index (κ2) is 4.77. The van der Waals surface area contributed by atoms with E-state index in [1.54, 1.807) is 0 Å². The zero-order valence-corrected chi connectivity index (χ0v) is 9.20. The first kappa shape index (κ1) is 10.7. The largest absolute Gasteiger partial charge is 0.263 e. The molecule has 0 spiro atoms. The van der Waals surface area contributed by atoms with Gasteiger partial charge in [0.05, 0.1) is 12.5 Å². The lowest BCUT2D eigenvalue weighted by molar-refractivity contribution is 0.964. The summed E-state index contributed by atoms with van der Waals surface area (Å²) in [7, 11) is 0. The Morgan fingerprint density at radius 1 is 1.44 bits per heavy atom. The molecule has 1 heterocycles. The van der Waals surface area contributed by atoms with Crippen molar-refractivity contribution in [2.24, 2.45) is 0 Å². The van der Waals surface area contributed by atoms with Crippen LogP contribution in [0.25, 0.3) is 0 Å². The summed E-state index contributed by atoms with van der Waals surface area (Å²) in [5.41, 5.74) is 1.06. The Balaban J connectivity index is 2.12. The highest BCUT2D eigenvalue weighted by Gasteiger charge is 2.03. The minimum absolute atomic E-state index is 0.228. The molecule has 5 heteroatoms. The summed E-state index contributed by atoms with van der Waals surface area (Å²) in [6.07, 6.45) is 0.866. The summed E-state index contributed by atoms with van der Waals surface area (Å²) in [5, 5.41) is 15.9. The van der Waals surface area contributed by atoms with E-state index in [2.05, 4.69) is 15.2 Å². The lowest BCUT2D eigenvalue weighted by Crippen LogP contribution is -1.91. The molecule has 2 aromatic rings. The molecular formula is C11H9ClN4. The van der Waals surface area contributed by atoms with Crippen molar-refractivity contribution in [3.05, 3.63) is 46.5 Å². The van der Waals surface area contributed by atoms with Crippen LogP contribution in [-0.2, 0) is 12.8 Å². The predicted octanol–water partition coefficient (Wildman–Crippen LogP) is 2.11. The summed E-state index contributed by atoms with van der Waals surface area (Å²) in [5.74, 6) is 1.27. The zero-order chi connectivity index (χ0) is 11.4. The van der Waals surface area contributed by atoms with Crippen LogP contribution in [0.5, 0.6) is 0 Å². The van der Waals surface area contributed by atoms with Gasteiger partial charge in [0.25, 0.3) is 0 Å². The molecule has 0 saturated carbocycles. The standard InChI is InChI=1S/C11H9ClN4/c12-9-3-1-2-8(6-9)7-11-14-10(4-5-13)15-16-11/h1-3,6H,4,7H2,(H,14,15,16). The number of nitriles is 1. The number of halogens is 1. The number of hydrogen-bond acceptors (Lipinski definition) is 3. The van der Waals surface area contributed by atoms with Crippen molar-refractivity contribution in [1.82, 2.24) is 15.2 Å². The molecule has 0 amide bonds. The molecule has 0 bridgehead atoms. The van der Waals surface area contributed by atoms with Crippen LogP contribution in [0.15, 0.2) is 24.3 Å².